The van der Waals surface area contributed by atoms with E-state index in [1.165, 1.54) is 43.2 Å². The Morgan fingerprint density at radius 2 is 2.47 bits per heavy atom. The molecule has 0 aliphatic carbocycles. The smallest absolute Gasteiger partial charge is 0.0926 e. The molecule has 1 aliphatic heterocycles. The molecule has 0 bridgehead atoms. The largest absolute Gasteiger partial charge is 0.316 e. The van der Waals surface area contributed by atoms with E-state index >= 15 is 0 Å². The van der Waals surface area contributed by atoms with Crippen molar-refractivity contribution in [1.82, 2.24) is 15.2 Å². The third kappa shape index (κ3) is 4.05. The summed E-state index contributed by atoms with van der Waals surface area (Å²) in [4.78, 5) is 7.03. The fraction of sp³-hybridized carbons (Fsp3) is 0.769. The Bertz CT molecular complexity index is 331. The summed E-state index contributed by atoms with van der Waals surface area (Å²) in [5.74, 6) is 0.818. The molecule has 1 saturated heterocycles. The van der Waals surface area contributed by atoms with Crippen molar-refractivity contribution in [2.45, 2.75) is 32.7 Å². The summed E-state index contributed by atoms with van der Waals surface area (Å²) in [6, 6.07) is 0. The number of nitrogens with one attached hydrogen (secondary N) is 1. The highest BCUT2D eigenvalue weighted by Crippen LogP contribution is 2.15. The van der Waals surface area contributed by atoms with E-state index in [1.54, 1.807) is 11.3 Å². The van der Waals surface area contributed by atoms with Crippen LogP contribution in [0, 0.1) is 5.92 Å². The van der Waals surface area contributed by atoms with E-state index in [0.717, 1.165) is 18.9 Å². The van der Waals surface area contributed by atoms with Crippen LogP contribution in [0.3, 0.4) is 0 Å². The summed E-state index contributed by atoms with van der Waals surface area (Å²) >= 11 is 1.79. The van der Waals surface area contributed by atoms with Gasteiger partial charge in [-0.3, -0.25) is 0 Å². The van der Waals surface area contributed by atoms with Crippen molar-refractivity contribution in [3.63, 3.8) is 0 Å². The van der Waals surface area contributed by atoms with Crippen LogP contribution >= 0.6 is 11.3 Å². The van der Waals surface area contributed by atoms with Gasteiger partial charge < -0.3 is 10.2 Å². The van der Waals surface area contributed by atoms with E-state index in [2.05, 4.69) is 34.6 Å². The lowest BCUT2D eigenvalue weighted by molar-refractivity contribution is 0.236. The van der Waals surface area contributed by atoms with Crippen LogP contribution in [0.5, 0.6) is 0 Å². The molecule has 0 spiro atoms. The van der Waals surface area contributed by atoms with E-state index in [0.29, 0.717) is 0 Å². The second kappa shape index (κ2) is 6.47. The molecule has 0 saturated carbocycles. The third-order valence-electron chi connectivity index (χ3n) is 3.30. The monoisotopic (exact) mass is 253 g/mol. The van der Waals surface area contributed by atoms with Crippen molar-refractivity contribution >= 4 is 11.3 Å². The van der Waals surface area contributed by atoms with E-state index in [-0.39, 0.29) is 0 Å². The SMILES string of the molecule is CCc1nc(CN(C)CC2CCCNC2)cs1. The quantitative estimate of drug-likeness (QED) is 0.871. The first-order valence-electron chi connectivity index (χ1n) is 6.60. The zero-order chi connectivity index (χ0) is 12.1. The van der Waals surface area contributed by atoms with Crippen molar-refractivity contribution in [2.24, 2.45) is 5.92 Å². The van der Waals surface area contributed by atoms with Gasteiger partial charge in [-0.25, -0.2) is 4.98 Å². The molecule has 1 aliphatic rings. The average molecular weight is 253 g/mol. The minimum Gasteiger partial charge on any atom is -0.316 e. The van der Waals surface area contributed by atoms with Crippen molar-refractivity contribution in [3.05, 3.63) is 16.1 Å². The van der Waals surface area contributed by atoms with Crippen LogP contribution in [0.15, 0.2) is 5.38 Å². The Kier molecular flexibility index (Phi) is 4.95. The minimum absolute atomic E-state index is 0.818. The van der Waals surface area contributed by atoms with Crippen LogP contribution in [0.1, 0.15) is 30.5 Å². The molecular formula is C13H23N3S. The lowest BCUT2D eigenvalue weighted by atomic mass is 9.99. The maximum atomic E-state index is 4.62. The predicted octanol–water partition coefficient (Wildman–Crippen LogP) is 2.14. The molecule has 1 aromatic rings. The van der Waals surface area contributed by atoms with Crippen LogP contribution in [0.2, 0.25) is 0 Å². The molecule has 17 heavy (non-hydrogen) atoms. The Hall–Kier alpha value is -0.450. The second-order valence-electron chi connectivity index (χ2n) is 5.00. The Morgan fingerprint density at radius 3 is 3.12 bits per heavy atom. The van der Waals surface area contributed by atoms with Gasteiger partial charge in [-0.1, -0.05) is 6.92 Å². The van der Waals surface area contributed by atoms with E-state index in [1.807, 2.05) is 0 Å². The van der Waals surface area contributed by atoms with Gasteiger partial charge in [-0.15, -0.1) is 11.3 Å². The number of thiazole rings is 1. The molecule has 1 atom stereocenters. The number of aryl methyl sites for hydroxylation is 1. The Morgan fingerprint density at radius 1 is 1.59 bits per heavy atom. The number of rotatable bonds is 5. The zero-order valence-electron chi connectivity index (χ0n) is 10.9. The van der Waals surface area contributed by atoms with Gasteiger partial charge in [0.25, 0.3) is 0 Å². The number of hydrogen-bond acceptors (Lipinski definition) is 4. The highest BCUT2D eigenvalue weighted by molar-refractivity contribution is 7.09. The average Bonchev–Trinajstić information content (AvgIpc) is 2.78. The lowest BCUT2D eigenvalue weighted by Crippen LogP contribution is -2.36. The predicted molar refractivity (Wildman–Crippen MR) is 73.4 cm³/mol. The molecule has 1 aromatic heterocycles. The van der Waals surface area contributed by atoms with Gasteiger partial charge in [-0.2, -0.15) is 0 Å². The molecule has 1 unspecified atom stereocenters. The molecular weight excluding hydrogens is 230 g/mol. The molecule has 2 heterocycles. The summed E-state index contributed by atoms with van der Waals surface area (Å²) in [5, 5.41) is 6.94. The fourth-order valence-corrected chi connectivity index (χ4v) is 3.18. The summed E-state index contributed by atoms with van der Waals surface area (Å²) in [6.45, 7) is 6.73. The summed E-state index contributed by atoms with van der Waals surface area (Å²) in [7, 11) is 2.21. The lowest BCUT2D eigenvalue weighted by Gasteiger charge is -2.27. The molecule has 0 radical (unpaired) electrons. The van der Waals surface area contributed by atoms with Gasteiger partial charge in [0.2, 0.25) is 0 Å². The molecule has 1 N–H and O–H groups in total. The van der Waals surface area contributed by atoms with E-state index < -0.39 is 0 Å². The van der Waals surface area contributed by atoms with Gasteiger partial charge >= 0.3 is 0 Å². The van der Waals surface area contributed by atoms with Crippen molar-refractivity contribution in [3.8, 4) is 0 Å². The summed E-state index contributed by atoms with van der Waals surface area (Å²) in [5.41, 5.74) is 1.23. The van der Waals surface area contributed by atoms with Gasteiger partial charge in [0.15, 0.2) is 0 Å². The molecule has 96 valence electrons. The van der Waals surface area contributed by atoms with E-state index in [9.17, 15) is 0 Å². The molecule has 2 rings (SSSR count). The molecule has 3 nitrogen and oxygen atoms in total. The van der Waals surface area contributed by atoms with Crippen LogP contribution in [0.4, 0.5) is 0 Å². The van der Waals surface area contributed by atoms with Gasteiger partial charge in [0, 0.05) is 18.5 Å². The second-order valence-corrected chi connectivity index (χ2v) is 5.94. The topological polar surface area (TPSA) is 28.2 Å². The van der Waals surface area contributed by atoms with Gasteiger partial charge in [0.05, 0.1) is 10.7 Å². The summed E-state index contributed by atoms with van der Waals surface area (Å²) < 4.78 is 0. The maximum Gasteiger partial charge on any atom is 0.0926 e. The zero-order valence-corrected chi connectivity index (χ0v) is 11.7. The van der Waals surface area contributed by atoms with Gasteiger partial charge in [0.1, 0.15) is 0 Å². The molecule has 4 heteroatoms. The number of hydrogen-bond donors (Lipinski definition) is 1. The van der Waals surface area contributed by atoms with Crippen molar-refractivity contribution in [2.75, 3.05) is 26.7 Å². The van der Waals surface area contributed by atoms with E-state index in [4.69, 9.17) is 0 Å². The van der Waals surface area contributed by atoms with Crippen LogP contribution < -0.4 is 5.32 Å². The standard InChI is InChI=1S/C13H23N3S/c1-3-13-15-12(10-17-13)9-16(2)8-11-5-4-6-14-7-11/h10-11,14H,3-9H2,1-2H3. The van der Waals surface area contributed by atoms with Gasteiger partial charge in [-0.05, 0) is 45.3 Å². The Labute approximate surface area is 108 Å². The molecule has 0 aromatic carbocycles. The highest BCUT2D eigenvalue weighted by atomic mass is 32.1. The number of nitrogens with zero attached hydrogens (tertiary/aromatic N) is 2. The van der Waals surface area contributed by atoms with Crippen LogP contribution in [-0.2, 0) is 13.0 Å². The first-order chi connectivity index (χ1) is 8.28. The van der Waals surface area contributed by atoms with Crippen LogP contribution in [0.25, 0.3) is 0 Å². The third-order valence-corrected chi connectivity index (χ3v) is 4.34. The number of piperidine rings is 1. The van der Waals surface area contributed by atoms with Crippen LogP contribution in [-0.4, -0.2) is 36.6 Å². The van der Waals surface area contributed by atoms with Crippen molar-refractivity contribution < 1.29 is 0 Å². The Balaban J connectivity index is 1.77. The first kappa shape index (κ1) is 13.0. The molecule has 0 amide bonds. The molecule has 1 fully saturated rings. The van der Waals surface area contributed by atoms with Crippen molar-refractivity contribution in [1.29, 1.82) is 0 Å². The number of aromatic nitrogens is 1. The normalized spacial score (nSPS) is 21.0. The fourth-order valence-electron chi connectivity index (χ4n) is 2.45. The first-order valence-corrected chi connectivity index (χ1v) is 7.48. The maximum absolute atomic E-state index is 4.62. The summed E-state index contributed by atoms with van der Waals surface area (Å²) in [6.07, 6.45) is 3.75. The highest BCUT2D eigenvalue weighted by Gasteiger charge is 2.15. The minimum atomic E-state index is 0.818.